The summed E-state index contributed by atoms with van der Waals surface area (Å²) in [7, 11) is 0. The Labute approximate surface area is 124 Å². The topological polar surface area (TPSA) is 38.7 Å². The van der Waals surface area contributed by atoms with Crippen LogP contribution in [0.25, 0.3) is 0 Å². The van der Waals surface area contributed by atoms with Crippen molar-refractivity contribution in [3.8, 4) is 0 Å². The first-order valence-electron chi connectivity index (χ1n) is 8.60. The van der Waals surface area contributed by atoms with Crippen molar-refractivity contribution in [2.75, 3.05) is 13.2 Å². The fourth-order valence-electron chi connectivity index (χ4n) is 3.79. The zero-order chi connectivity index (χ0) is 14.4. The van der Waals surface area contributed by atoms with Crippen molar-refractivity contribution in [3.05, 3.63) is 0 Å². The molecule has 1 saturated carbocycles. The second kappa shape index (κ2) is 7.77. The maximum atomic E-state index is 10.6. The molecule has 2 unspecified atom stereocenters. The molecule has 1 N–H and O–H groups in total. The molecule has 3 heteroatoms. The largest absolute Gasteiger partial charge is 0.390 e. The maximum absolute atomic E-state index is 10.6. The van der Waals surface area contributed by atoms with Gasteiger partial charge >= 0.3 is 0 Å². The number of aliphatic hydroxyl groups excluding tert-OH is 1. The molecule has 0 aromatic carbocycles. The van der Waals surface area contributed by atoms with Crippen LogP contribution in [0.1, 0.15) is 71.6 Å². The van der Waals surface area contributed by atoms with Crippen molar-refractivity contribution in [2.24, 2.45) is 5.92 Å². The molecule has 0 bridgehead atoms. The minimum atomic E-state index is -0.309. The van der Waals surface area contributed by atoms with Gasteiger partial charge in [-0.2, -0.15) is 0 Å². The quantitative estimate of drug-likeness (QED) is 0.775. The molecule has 20 heavy (non-hydrogen) atoms. The summed E-state index contributed by atoms with van der Waals surface area (Å²) in [5.41, 5.74) is -0.266. The van der Waals surface area contributed by atoms with Gasteiger partial charge in [0.2, 0.25) is 0 Å². The molecule has 2 atom stereocenters. The number of hydrogen-bond acceptors (Lipinski definition) is 3. The van der Waals surface area contributed by atoms with E-state index in [1.54, 1.807) is 0 Å². The molecule has 2 fully saturated rings. The Morgan fingerprint density at radius 3 is 2.65 bits per heavy atom. The SMILES string of the molecule is CCOC1(C(O)CCCC2CCCO2)CCC(C)CC1. The predicted molar refractivity (Wildman–Crippen MR) is 80.8 cm³/mol. The number of rotatable bonds is 7. The summed E-state index contributed by atoms with van der Waals surface area (Å²) < 4.78 is 11.7. The highest BCUT2D eigenvalue weighted by molar-refractivity contribution is 4.92. The zero-order valence-electron chi connectivity index (χ0n) is 13.3. The van der Waals surface area contributed by atoms with E-state index in [2.05, 4.69) is 6.92 Å². The molecule has 3 nitrogen and oxygen atoms in total. The fourth-order valence-corrected chi connectivity index (χ4v) is 3.79. The Kier molecular flexibility index (Phi) is 6.31. The Hall–Kier alpha value is -0.120. The van der Waals surface area contributed by atoms with Crippen molar-refractivity contribution in [1.29, 1.82) is 0 Å². The third-order valence-corrected chi connectivity index (χ3v) is 5.19. The van der Waals surface area contributed by atoms with Crippen LogP contribution in [0.5, 0.6) is 0 Å². The van der Waals surface area contributed by atoms with E-state index in [-0.39, 0.29) is 11.7 Å². The van der Waals surface area contributed by atoms with Gasteiger partial charge in [-0.25, -0.2) is 0 Å². The second-order valence-corrected chi connectivity index (χ2v) is 6.76. The highest BCUT2D eigenvalue weighted by Gasteiger charge is 2.40. The summed E-state index contributed by atoms with van der Waals surface area (Å²) in [6.07, 6.45) is 9.93. The summed E-state index contributed by atoms with van der Waals surface area (Å²) in [6, 6.07) is 0. The lowest BCUT2D eigenvalue weighted by Crippen LogP contribution is -2.47. The Morgan fingerprint density at radius 1 is 1.30 bits per heavy atom. The average Bonchev–Trinajstić information content (AvgIpc) is 2.95. The van der Waals surface area contributed by atoms with Crippen LogP contribution in [0.4, 0.5) is 0 Å². The molecule has 0 amide bonds. The average molecular weight is 284 g/mol. The lowest BCUT2D eigenvalue weighted by molar-refractivity contribution is -0.146. The van der Waals surface area contributed by atoms with Crippen LogP contribution in [0.15, 0.2) is 0 Å². The van der Waals surface area contributed by atoms with Gasteiger partial charge in [-0.3, -0.25) is 0 Å². The first kappa shape index (κ1) is 16.3. The van der Waals surface area contributed by atoms with E-state index >= 15 is 0 Å². The Morgan fingerprint density at radius 2 is 2.05 bits per heavy atom. The maximum Gasteiger partial charge on any atom is 0.0940 e. The van der Waals surface area contributed by atoms with Gasteiger partial charge in [-0.1, -0.05) is 6.92 Å². The standard InChI is InChI=1S/C17H32O3/c1-3-20-17(11-9-14(2)10-12-17)16(18)8-4-6-15-7-5-13-19-15/h14-16,18H,3-13H2,1-2H3. The zero-order valence-corrected chi connectivity index (χ0v) is 13.3. The molecule has 1 saturated heterocycles. The molecular weight excluding hydrogens is 252 g/mol. The van der Waals surface area contributed by atoms with Crippen molar-refractivity contribution < 1.29 is 14.6 Å². The van der Waals surface area contributed by atoms with Gasteiger partial charge in [-0.15, -0.1) is 0 Å². The van der Waals surface area contributed by atoms with Crippen LogP contribution in [0.2, 0.25) is 0 Å². The molecule has 2 rings (SSSR count). The van der Waals surface area contributed by atoms with Crippen LogP contribution in [0, 0.1) is 5.92 Å². The van der Waals surface area contributed by atoms with Crippen LogP contribution >= 0.6 is 0 Å². The lowest BCUT2D eigenvalue weighted by atomic mass is 9.75. The highest BCUT2D eigenvalue weighted by atomic mass is 16.5. The summed E-state index contributed by atoms with van der Waals surface area (Å²) in [4.78, 5) is 0. The van der Waals surface area contributed by atoms with E-state index in [4.69, 9.17) is 9.47 Å². The molecule has 0 aromatic rings. The van der Waals surface area contributed by atoms with Gasteiger partial charge in [0.15, 0.2) is 0 Å². The molecule has 0 radical (unpaired) electrons. The van der Waals surface area contributed by atoms with Crippen LogP contribution < -0.4 is 0 Å². The number of ether oxygens (including phenoxy) is 2. The van der Waals surface area contributed by atoms with Crippen LogP contribution in [-0.2, 0) is 9.47 Å². The molecule has 118 valence electrons. The molecule has 0 aromatic heterocycles. The van der Waals surface area contributed by atoms with E-state index in [0.29, 0.717) is 12.7 Å². The molecule has 1 aliphatic carbocycles. The van der Waals surface area contributed by atoms with Crippen molar-refractivity contribution in [3.63, 3.8) is 0 Å². The summed E-state index contributed by atoms with van der Waals surface area (Å²) in [5.74, 6) is 0.780. The van der Waals surface area contributed by atoms with E-state index in [9.17, 15) is 5.11 Å². The first-order chi connectivity index (χ1) is 9.66. The van der Waals surface area contributed by atoms with E-state index in [1.165, 1.54) is 25.7 Å². The van der Waals surface area contributed by atoms with Crippen molar-refractivity contribution in [1.82, 2.24) is 0 Å². The molecular formula is C17H32O3. The lowest BCUT2D eigenvalue weighted by Gasteiger charge is -2.42. The summed E-state index contributed by atoms with van der Waals surface area (Å²) in [5, 5.41) is 10.6. The number of aliphatic hydroxyl groups is 1. The monoisotopic (exact) mass is 284 g/mol. The summed E-state index contributed by atoms with van der Waals surface area (Å²) >= 11 is 0. The first-order valence-corrected chi connectivity index (χ1v) is 8.60. The number of hydrogen-bond donors (Lipinski definition) is 1. The van der Waals surface area contributed by atoms with Crippen molar-refractivity contribution >= 4 is 0 Å². The van der Waals surface area contributed by atoms with E-state index < -0.39 is 0 Å². The van der Waals surface area contributed by atoms with E-state index in [0.717, 1.165) is 44.6 Å². The minimum absolute atomic E-state index is 0.266. The Bertz CT molecular complexity index is 265. The smallest absolute Gasteiger partial charge is 0.0940 e. The van der Waals surface area contributed by atoms with Gasteiger partial charge in [0.05, 0.1) is 17.8 Å². The van der Waals surface area contributed by atoms with Crippen LogP contribution in [-0.4, -0.2) is 36.1 Å². The second-order valence-electron chi connectivity index (χ2n) is 6.76. The van der Waals surface area contributed by atoms with Crippen LogP contribution in [0.3, 0.4) is 0 Å². The normalized spacial score (nSPS) is 36.1. The highest BCUT2D eigenvalue weighted by Crippen LogP contribution is 2.38. The minimum Gasteiger partial charge on any atom is -0.390 e. The van der Waals surface area contributed by atoms with Gasteiger partial charge in [-0.05, 0) is 70.6 Å². The molecule has 0 spiro atoms. The molecule has 2 aliphatic rings. The van der Waals surface area contributed by atoms with Gasteiger partial charge in [0.1, 0.15) is 0 Å². The van der Waals surface area contributed by atoms with Gasteiger partial charge in [0.25, 0.3) is 0 Å². The van der Waals surface area contributed by atoms with Gasteiger partial charge < -0.3 is 14.6 Å². The Balaban J connectivity index is 1.78. The third-order valence-electron chi connectivity index (χ3n) is 5.19. The molecule has 1 aliphatic heterocycles. The molecule has 1 heterocycles. The predicted octanol–water partition coefficient (Wildman–Crippen LogP) is 3.68. The third kappa shape index (κ3) is 4.19. The summed E-state index contributed by atoms with van der Waals surface area (Å²) in [6.45, 7) is 5.98. The fraction of sp³-hybridized carbons (Fsp3) is 1.00. The van der Waals surface area contributed by atoms with Gasteiger partial charge in [0, 0.05) is 13.2 Å². The van der Waals surface area contributed by atoms with E-state index in [1.807, 2.05) is 6.92 Å². The van der Waals surface area contributed by atoms with Crippen molar-refractivity contribution in [2.45, 2.75) is 89.4 Å².